The van der Waals surface area contributed by atoms with Crippen LogP contribution < -0.4 is 5.32 Å². The lowest BCUT2D eigenvalue weighted by molar-refractivity contribution is -0.116. The quantitative estimate of drug-likeness (QED) is 0.606. The smallest absolute Gasteiger partial charge is 0.227 e. The summed E-state index contributed by atoms with van der Waals surface area (Å²) in [5.74, 6) is -0.219. The van der Waals surface area contributed by atoms with E-state index in [4.69, 9.17) is 4.52 Å². The number of hydrogen-bond acceptors (Lipinski definition) is 6. The van der Waals surface area contributed by atoms with Gasteiger partial charge in [0.2, 0.25) is 11.8 Å². The van der Waals surface area contributed by atoms with Gasteiger partial charge in [0.05, 0.1) is 4.90 Å². The molecule has 0 aliphatic rings. The highest BCUT2D eigenvalue weighted by Crippen LogP contribution is 2.16. The molecule has 0 unspecified atom stereocenters. The van der Waals surface area contributed by atoms with Crippen LogP contribution in [0.3, 0.4) is 0 Å². The van der Waals surface area contributed by atoms with Crippen LogP contribution in [-0.2, 0) is 33.2 Å². The highest BCUT2D eigenvalue weighted by molar-refractivity contribution is 7.90. The first kappa shape index (κ1) is 20.7. The van der Waals surface area contributed by atoms with Crippen LogP contribution in [0.5, 0.6) is 0 Å². The van der Waals surface area contributed by atoms with Gasteiger partial charge in [0.15, 0.2) is 15.7 Å². The summed E-state index contributed by atoms with van der Waals surface area (Å²) >= 11 is 0. The highest BCUT2D eigenvalue weighted by atomic mass is 32.2. The predicted octanol–water partition coefficient (Wildman–Crippen LogP) is 3.49. The van der Waals surface area contributed by atoms with Crippen LogP contribution >= 0.6 is 0 Å². The maximum atomic E-state index is 12.5. The van der Waals surface area contributed by atoms with Crippen LogP contribution in [0.25, 0.3) is 0 Å². The molecule has 3 rings (SSSR count). The minimum absolute atomic E-state index is 0.0798. The lowest BCUT2D eigenvalue weighted by Crippen LogP contribution is -2.12. The molecule has 0 saturated heterocycles. The van der Waals surface area contributed by atoms with E-state index < -0.39 is 9.84 Å². The molecule has 0 aliphatic heterocycles. The Labute approximate surface area is 170 Å². The summed E-state index contributed by atoms with van der Waals surface area (Å²) in [5.41, 5.74) is 2.90. The molecule has 1 N–H and O–H groups in total. The average Bonchev–Trinajstić information content (AvgIpc) is 3.14. The number of carbonyl (C=O) groups is 1. The second kappa shape index (κ2) is 9.00. The van der Waals surface area contributed by atoms with Gasteiger partial charge in [0, 0.05) is 18.5 Å². The van der Waals surface area contributed by atoms with Crippen molar-refractivity contribution in [3.05, 3.63) is 71.4 Å². The van der Waals surface area contributed by atoms with Gasteiger partial charge in [-0.3, -0.25) is 4.79 Å². The second-order valence-corrected chi connectivity index (χ2v) is 8.76. The molecule has 3 aromatic rings. The Morgan fingerprint density at radius 1 is 1.07 bits per heavy atom. The van der Waals surface area contributed by atoms with E-state index in [2.05, 4.69) is 22.4 Å². The first-order chi connectivity index (χ1) is 13.9. The van der Waals surface area contributed by atoms with Crippen LogP contribution in [-0.4, -0.2) is 24.5 Å². The number of anilines is 1. The Morgan fingerprint density at radius 2 is 1.76 bits per heavy atom. The summed E-state index contributed by atoms with van der Waals surface area (Å²) < 4.78 is 30.0. The molecule has 0 atom stereocenters. The van der Waals surface area contributed by atoms with Gasteiger partial charge in [-0.2, -0.15) is 4.98 Å². The molecule has 0 bridgehead atoms. The van der Waals surface area contributed by atoms with E-state index in [0.717, 1.165) is 17.7 Å². The molecule has 1 heterocycles. The molecule has 8 heteroatoms. The van der Waals surface area contributed by atoms with E-state index in [1.165, 1.54) is 5.56 Å². The van der Waals surface area contributed by atoms with Crippen molar-refractivity contribution in [1.29, 1.82) is 0 Å². The van der Waals surface area contributed by atoms with Gasteiger partial charge in [-0.15, -0.1) is 0 Å². The summed E-state index contributed by atoms with van der Waals surface area (Å²) in [6.45, 7) is 3.95. The molecular formula is C21H23N3O4S. The summed E-state index contributed by atoms with van der Waals surface area (Å²) in [6, 6.07) is 14.2. The van der Waals surface area contributed by atoms with Crippen molar-refractivity contribution in [3.63, 3.8) is 0 Å². The molecule has 0 aliphatic carbocycles. The molecule has 2 aromatic carbocycles. The Morgan fingerprint density at radius 3 is 2.41 bits per heavy atom. The third-order valence-corrected chi connectivity index (χ3v) is 6.05. The zero-order chi connectivity index (χ0) is 20.9. The van der Waals surface area contributed by atoms with Crippen molar-refractivity contribution in [3.8, 4) is 0 Å². The average molecular weight is 413 g/mol. The van der Waals surface area contributed by atoms with Gasteiger partial charge < -0.3 is 9.84 Å². The number of hydrogen-bond donors (Lipinski definition) is 1. The number of aromatic nitrogens is 2. The van der Waals surface area contributed by atoms with Crippen LogP contribution in [0.4, 0.5) is 5.69 Å². The minimum Gasteiger partial charge on any atom is -0.339 e. The Balaban J connectivity index is 1.54. The van der Waals surface area contributed by atoms with Crippen molar-refractivity contribution < 1.29 is 17.7 Å². The van der Waals surface area contributed by atoms with E-state index in [1.807, 2.05) is 31.2 Å². The highest BCUT2D eigenvalue weighted by Gasteiger charge is 2.19. The topological polar surface area (TPSA) is 102 Å². The fourth-order valence-electron chi connectivity index (χ4n) is 2.72. The van der Waals surface area contributed by atoms with Gasteiger partial charge in [-0.25, -0.2) is 8.42 Å². The normalized spacial score (nSPS) is 11.4. The first-order valence-electron chi connectivity index (χ1n) is 9.35. The maximum Gasteiger partial charge on any atom is 0.227 e. The van der Waals surface area contributed by atoms with Gasteiger partial charge >= 0.3 is 0 Å². The van der Waals surface area contributed by atoms with Crippen molar-refractivity contribution in [2.24, 2.45) is 0 Å². The first-order valence-corrected chi connectivity index (χ1v) is 11.0. The van der Waals surface area contributed by atoms with Gasteiger partial charge in [0.25, 0.3) is 0 Å². The summed E-state index contributed by atoms with van der Waals surface area (Å²) in [5, 5.41) is 6.54. The number of nitrogens with zero attached hydrogens (tertiary/aromatic N) is 2. The molecule has 29 heavy (non-hydrogen) atoms. The van der Waals surface area contributed by atoms with Gasteiger partial charge in [-0.1, -0.05) is 41.9 Å². The van der Waals surface area contributed by atoms with E-state index in [1.54, 1.807) is 24.3 Å². The van der Waals surface area contributed by atoms with Crippen LogP contribution in [0.2, 0.25) is 0 Å². The standard InChI is InChI=1S/C21H23N3O4S/c1-3-16-6-8-17(9-7-16)22-20(25)12-13-21-23-19(24-28-21)14-29(26,27)18-10-4-15(2)5-11-18/h4-11H,3,12-14H2,1-2H3,(H,22,25). The summed E-state index contributed by atoms with van der Waals surface area (Å²) in [6.07, 6.45) is 1.33. The van der Waals surface area contributed by atoms with Gasteiger partial charge in [-0.05, 0) is 43.2 Å². The second-order valence-electron chi connectivity index (χ2n) is 6.78. The summed E-state index contributed by atoms with van der Waals surface area (Å²) in [7, 11) is -3.56. The Kier molecular flexibility index (Phi) is 6.43. The molecule has 1 amide bonds. The number of nitrogens with one attached hydrogen (secondary N) is 1. The third-order valence-electron chi connectivity index (χ3n) is 4.42. The van der Waals surface area contributed by atoms with E-state index in [0.29, 0.717) is 0 Å². The number of amides is 1. The molecule has 1 aromatic heterocycles. The molecule has 0 fully saturated rings. The van der Waals surface area contributed by atoms with Crippen LogP contribution in [0.1, 0.15) is 36.2 Å². The fraction of sp³-hybridized carbons (Fsp3) is 0.286. The van der Waals surface area contributed by atoms with Crippen LogP contribution in [0, 0.1) is 6.92 Å². The fourth-order valence-corrected chi connectivity index (χ4v) is 3.89. The van der Waals surface area contributed by atoms with Gasteiger partial charge in [0.1, 0.15) is 5.75 Å². The maximum absolute atomic E-state index is 12.5. The van der Waals surface area contributed by atoms with Crippen molar-refractivity contribution in [2.45, 2.75) is 43.8 Å². The largest absolute Gasteiger partial charge is 0.339 e. The molecule has 7 nitrogen and oxygen atoms in total. The third kappa shape index (κ3) is 5.74. The monoisotopic (exact) mass is 413 g/mol. The predicted molar refractivity (Wildman–Crippen MR) is 109 cm³/mol. The number of aryl methyl sites for hydroxylation is 3. The van der Waals surface area contributed by atoms with E-state index in [9.17, 15) is 13.2 Å². The van der Waals surface area contributed by atoms with Crippen molar-refractivity contribution in [1.82, 2.24) is 10.1 Å². The molecule has 0 saturated carbocycles. The summed E-state index contributed by atoms with van der Waals surface area (Å²) in [4.78, 5) is 16.4. The number of benzene rings is 2. The Bertz CT molecular complexity index is 1070. The molecule has 152 valence electrons. The molecule has 0 radical (unpaired) electrons. The van der Waals surface area contributed by atoms with Crippen LogP contribution in [0.15, 0.2) is 57.9 Å². The Hall–Kier alpha value is -3.00. The van der Waals surface area contributed by atoms with E-state index in [-0.39, 0.29) is 41.1 Å². The number of carbonyl (C=O) groups excluding carboxylic acids is 1. The SMILES string of the molecule is CCc1ccc(NC(=O)CCc2nc(CS(=O)(=O)c3ccc(C)cc3)no2)cc1. The number of rotatable bonds is 8. The zero-order valence-electron chi connectivity index (χ0n) is 16.4. The molecule has 0 spiro atoms. The van der Waals surface area contributed by atoms with E-state index >= 15 is 0 Å². The molecular weight excluding hydrogens is 390 g/mol. The lowest BCUT2D eigenvalue weighted by Gasteiger charge is -2.05. The minimum atomic E-state index is -3.56. The number of sulfone groups is 1. The zero-order valence-corrected chi connectivity index (χ0v) is 17.2. The lowest BCUT2D eigenvalue weighted by atomic mass is 10.1. The van der Waals surface area contributed by atoms with Crippen molar-refractivity contribution >= 4 is 21.4 Å². The van der Waals surface area contributed by atoms with Crippen molar-refractivity contribution in [2.75, 3.05) is 5.32 Å².